The molecule has 2 aromatic carbocycles. The van der Waals surface area contributed by atoms with Gasteiger partial charge in [-0.25, -0.2) is 9.78 Å². The molecule has 1 atom stereocenters. The number of carbonyl (C=O) groups excluding carboxylic acids is 2. The molecule has 1 amide bonds. The van der Waals surface area contributed by atoms with Gasteiger partial charge in [0.2, 0.25) is 5.76 Å². The molecule has 0 saturated heterocycles. The summed E-state index contributed by atoms with van der Waals surface area (Å²) in [7, 11) is 1.31. The van der Waals surface area contributed by atoms with Crippen LogP contribution < -0.4 is 5.32 Å². The van der Waals surface area contributed by atoms with E-state index in [1.54, 1.807) is 24.3 Å². The summed E-state index contributed by atoms with van der Waals surface area (Å²) in [4.78, 5) is 29.2. The number of para-hydroxylation sites is 2. The van der Waals surface area contributed by atoms with Crippen molar-refractivity contribution in [1.82, 2.24) is 14.9 Å². The summed E-state index contributed by atoms with van der Waals surface area (Å²) >= 11 is 0. The quantitative estimate of drug-likeness (QED) is 0.474. The lowest BCUT2D eigenvalue weighted by Crippen LogP contribution is -2.28. The van der Waals surface area contributed by atoms with E-state index in [1.807, 2.05) is 54.8 Å². The third kappa shape index (κ3) is 4.21. The molecule has 31 heavy (non-hydrogen) atoms. The minimum atomic E-state index is -0.527. The van der Waals surface area contributed by atoms with Gasteiger partial charge in [-0.15, -0.1) is 0 Å². The predicted octanol–water partition coefficient (Wildman–Crippen LogP) is 4.26. The van der Waals surface area contributed by atoms with Crippen molar-refractivity contribution < 1.29 is 18.7 Å². The number of esters is 1. The van der Waals surface area contributed by atoms with E-state index in [0.717, 1.165) is 16.6 Å². The molecule has 0 saturated carbocycles. The number of carbonyl (C=O) groups is 2. The third-order valence-electron chi connectivity index (χ3n) is 5.09. The number of hydrogen-bond donors (Lipinski definition) is 1. The first-order valence-corrected chi connectivity index (χ1v) is 9.96. The summed E-state index contributed by atoms with van der Waals surface area (Å²) < 4.78 is 12.3. The second-order valence-electron chi connectivity index (χ2n) is 7.36. The van der Waals surface area contributed by atoms with Crippen molar-refractivity contribution in [2.24, 2.45) is 0 Å². The molecule has 1 N–H and O–H groups in total. The highest BCUT2D eigenvalue weighted by atomic mass is 16.5. The zero-order chi connectivity index (χ0) is 22.0. The second kappa shape index (κ2) is 8.47. The normalized spacial score (nSPS) is 12.0. The smallest absolute Gasteiger partial charge is 0.373 e. The van der Waals surface area contributed by atoms with E-state index in [9.17, 15) is 9.59 Å². The fourth-order valence-electron chi connectivity index (χ4n) is 3.47. The van der Waals surface area contributed by atoms with E-state index >= 15 is 0 Å². The summed E-state index contributed by atoms with van der Waals surface area (Å²) in [6.45, 7) is 4.23. The molecule has 158 valence electrons. The van der Waals surface area contributed by atoms with Crippen LogP contribution in [0.5, 0.6) is 0 Å². The van der Waals surface area contributed by atoms with Gasteiger partial charge in [0.15, 0.2) is 0 Å². The zero-order valence-corrected chi connectivity index (χ0v) is 17.6. The monoisotopic (exact) mass is 417 g/mol. The van der Waals surface area contributed by atoms with Gasteiger partial charge in [0.05, 0.1) is 30.7 Å². The molecule has 0 fully saturated rings. The van der Waals surface area contributed by atoms with Gasteiger partial charge in [-0.1, -0.05) is 29.8 Å². The van der Waals surface area contributed by atoms with Gasteiger partial charge < -0.3 is 19.0 Å². The first-order valence-electron chi connectivity index (χ1n) is 9.96. The number of nitrogens with zero attached hydrogens (tertiary/aromatic N) is 2. The number of fused-ring (bicyclic) bond motifs is 1. The number of methoxy groups -OCH3 is 1. The van der Waals surface area contributed by atoms with E-state index in [4.69, 9.17) is 14.1 Å². The molecule has 0 bridgehead atoms. The fraction of sp³-hybridized carbons (Fsp3) is 0.208. The van der Waals surface area contributed by atoms with Crippen molar-refractivity contribution in [1.29, 1.82) is 0 Å². The van der Waals surface area contributed by atoms with Gasteiger partial charge in [-0.3, -0.25) is 4.79 Å². The summed E-state index contributed by atoms with van der Waals surface area (Å²) in [6.07, 6.45) is 0. The van der Waals surface area contributed by atoms with Crippen LogP contribution in [-0.2, 0) is 11.3 Å². The predicted molar refractivity (Wildman–Crippen MR) is 116 cm³/mol. The molecule has 7 nitrogen and oxygen atoms in total. The van der Waals surface area contributed by atoms with Crippen LogP contribution in [0.15, 0.2) is 65.1 Å². The van der Waals surface area contributed by atoms with Crippen molar-refractivity contribution in [2.45, 2.75) is 26.4 Å². The van der Waals surface area contributed by atoms with Crippen LogP contribution in [-0.4, -0.2) is 28.5 Å². The van der Waals surface area contributed by atoms with Crippen LogP contribution in [0.4, 0.5) is 0 Å². The average Bonchev–Trinajstić information content (AvgIpc) is 3.39. The number of imidazole rings is 1. The number of nitrogens with one attached hydrogen (secondary N) is 1. The lowest BCUT2D eigenvalue weighted by molar-refractivity contribution is 0.0562. The molecular formula is C24H23N3O4. The van der Waals surface area contributed by atoms with Crippen LogP contribution in [0.25, 0.3) is 11.0 Å². The van der Waals surface area contributed by atoms with Crippen LogP contribution in [0.3, 0.4) is 0 Å². The van der Waals surface area contributed by atoms with Gasteiger partial charge in [0.25, 0.3) is 5.91 Å². The van der Waals surface area contributed by atoms with E-state index in [-0.39, 0.29) is 17.7 Å². The Morgan fingerprint density at radius 2 is 1.84 bits per heavy atom. The van der Waals surface area contributed by atoms with Gasteiger partial charge in [0.1, 0.15) is 11.6 Å². The minimum Gasteiger partial charge on any atom is -0.463 e. The Balaban J connectivity index is 1.64. The fourth-order valence-corrected chi connectivity index (χ4v) is 3.47. The Bertz CT molecular complexity index is 1240. The molecule has 0 aliphatic carbocycles. The Hall–Kier alpha value is -3.87. The molecule has 2 heterocycles. The number of ether oxygens (including phenoxy) is 1. The molecule has 7 heteroatoms. The molecule has 0 aliphatic rings. The molecule has 4 rings (SSSR count). The Kier molecular flexibility index (Phi) is 5.58. The first-order chi connectivity index (χ1) is 15.0. The van der Waals surface area contributed by atoms with Crippen molar-refractivity contribution in [3.05, 3.63) is 89.1 Å². The van der Waals surface area contributed by atoms with Crippen LogP contribution in [0, 0.1) is 6.92 Å². The first kappa shape index (κ1) is 20.4. The van der Waals surface area contributed by atoms with E-state index in [1.165, 1.54) is 7.11 Å². The van der Waals surface area contributed by atoms with Crippen LogP contribution in [0.2, 0.25) is 0 Å². The number of rotatable bonds is 6. The lowest BCUT2D eigenvalue weighted by atomic mass is 10.1. The third-order valence-corrected chi connectivity index (χ3v) is 5.09. The van der Waals surface area contributed by atoms with Crippen LogP contribution in [0.1, 0.15) is 51.0 Å². The number of amides is 1. The summed E-state index contributed by atoms with van der Waals surface area (Å²) in [6, 6.07) is 18.1. The maximum absolute atomic E-state index is 12.7. The van der Waals surface area contributed by atoms with Crippen molar-refractivity contribution in [3.63, 3.8) is 0 Å². The van der Waals surface area contributed by atoms with Crippen LogP contribution >= 0.6 is 0 Å². The Morgan fingerprint density at radius 1 is 1.10 bits per heavy atom. The minimum absolute atomic E-state index is 0.143. The van der Waals surface area contributed by atoms with Crippen molar-refractivity contribution in [2.75, 3.05) is 7.11 Å². The molecule has 0 spiro atoms. The van der Waals surface area contributed by atoms with Gasteiger partial charge in [-0.2, -0.15) is 0 Å². The molecule has 0 unspecified atom stereocenters. The van der Waals surface area contributed by atoms with E-state index in [2.05, 4.69) is 5.32 Å². The zero-order valence-electron chi connectivity index (χ0n) is 17.6. The largest absolute Gasteiger partial charge is 0.463 e. The van der Waals surface area contributed by atoms with Gasteiger partial charge in [0, 0.05) is 5.56 Å². The van der Waals surface area contributed by atoms with E-state index in [0.29, 0.717) is 23.7 Å². The Labute approximate surface area is 179 Å². The van der Waals surface area contributed by atoms with Gasteiger partial charge in [-0.05, 0) is 50.2 Å². The SMILES string of the molecule is COC(=O)c1ccc(Cn2c([C@H](C)NC(=O)c3ccc(C)cc3)nc3ccccc32)o1. The second-order valence-corrected chi connectivity index (χ2v) is 7.36. The molecular weight excluding hydrogens is 394 g/mol. The summed E-state index contributed by atoms with van der Waals surface area (Å²) in [5.41, 5.74) is 3.41. The number of benzene rings is 2. The maximum atomic E-state index is 12.7. The summed E-state index contributed by atoms with van der Waals surface area (Å²) in [5.74, 6) is 0.724. The van der Waals surface area contributed by atoms with E-state index < -0.39 is 5.97 Å². The van der Waals surface area contributed by atoms with Gasteiger partial charge >= 0.3 is 5.97 Å². The molecule has 4 aromatic rings. The molecule has 2 aromatic heterocycles. The highest BCUT2D eigenvalue weighted by Crippen LogP contribution is 2.23. The lowest BCUT2D eigenvalue weighted by Gasteiger charge is -2.16. The standard InChI is InChI=1S/C24H23N3O4/c1-15-8-10-17(11-9-15)23(28)25-16(2)22-26-19-6-4-5-7-20(19)27(22)14-18-12-13-21(31-18)24(29)30-3/h4-13,16H,14H2,1-3H3,(H,25,28)/t16-/m0/s1. The number of hydrogen-bond acceptors (Lipinski definition) is 5. The maximum Gasteiger partial charge on any atom is 0.373 e. The number of aryl methyl sites for hydroxylation is 1. The highest BCUT2D eigenvalue weighted by Gasteiger charge is 2.20. The number of aromatic nitrogens is 2. The number of furan rings is 1. The Morgan fingerprint density at radius 3 is 2.58 bits per heavy atom. The topological polar surface area (TPSA) is 86.4 Å². The van der Waals surface area contributed by atoms with Crippen molar-refractivity contribution >= 4 is 22.9 Å². The average molecular weight is 417 g/mol. The van der Waals surface area contributed by atoms with Crippen molar-refractivity contribution in [3.8, 4) is 0 Å². The highest BCUT2D eigenvalue weighted by molar-refractivity contribution is 5.94. The summed E-state index contributed by atoms with van der Waals surface area (Å²) in [5, 5.41) is 3.02. The molecule has 0 radical (unpaired) electrons. The molecule has 0 aliphatic heterocycles.